The number of amides is 1. The van der Waals surface area contributed by atoms with Gasteiger partial charge in [-0.05, 0) is 50.7 Å². The van der Waals surface area contributed by atoms with Crippen LogP contribution in [0.1, 0.15) is 46.3 Å². The molecular formula is C15H19NO3S. The van der Waals surface area contributed by atoms with Crippen LogP contribution >= 0.6 is 11.3 Å². The lowest BCUT2D eigenvalue weighted by atomic mass is 9.90. The third-order valence-corrected chi connectivity index (χ3v) is 5.71. The highest BCUT2D eigenvalue weighted by Gasteiger charge is 2.42. The third kappa shape index (κ3) is 2.24. The summed E-state index contributed by atoms with van der Waals surface area (Å²) in [5.74, 6) is -0.798. The summed E-state index contributed by atoms with van der Waals surface area (Å²) in [6.45, 7) is 2.59. The molecule has 108 valence electrons. The van der Waals surface area contributed by atoms with E-state index < -0.39 is 11.4 Å². The van der Waals surface area contributed by atoms with Crippen molar-refractivity contribution in [3.63, 3.8) is 0 Å². The Bertz CT molecular complexity index is 542. The molecule has 2 aliphatic rings. The fourth-order valence-corrected chi connectivity index (χ4v) is 4.28. The fraction of sp³-hybridized carbons (Fsp3) is 0.600. The van der Waals surface area contributed by atoms with Crippen molar-refractivity contribution < 1.29 is 14.7 Å². The van der Waals surface area contributed by atoms with Crippen LogP contribution < -0.4 is 0 Å². The van der Waals surface area contributed by atoms with Gasteiger partial charge in [0.25, 0.3) is 5.91 Å². The summed E-state index contributed by atoms with van der Waals surface area (Å²) in [5, 5.41) is 9.24. The maximum absolute atomic E-state index is 12.5. The maximum Gasteiger partial charge on any atom is 0.311 e. The summed E-state index contributed by atoms with van der Waals surface area (Å²) in [4.78, 5) is 27.6. The second kappa shape index (κ2) is 4.88. The Hall–Kier alpha value is -1.36. The molecule has 3 rings (SSSR count). The monoisotopic (exact) mass is 293 g/mol. The van der Waals surface area contributed by atoms with Crippen molar-refractivity contribution in [3.05, 3.63) is 21.4 Å². The smallest absolute Gasteiger partial charge is 0.311 e. The van der Waals surface area contributed by atoms with Gasteiger partial charge in [0, 0.05) is 18.0 Å². The Morgan fingerprint density at radius 1 is 1.35 bits per heavy atom. The number of carboxylic acids is 1. The summed E-state index contributed by atoms with van der Waals surface area (Å²) < 4.78 is 0. The normalized spacial score (nSPS) is 25.6. The summed E-state index contributed by atoms with van der Waals surface area (Å²) in [7, 11) is 0. The van der Waals surface area contributed by atoms with Crippen LogP contribution in [0.5, 0.6) is 0 Å². The molecule has 2 heterocycles. The number of hydrogen-bond acceptors (Lipinski definition) is 3. The molecule has 1 aliphatic heterocycles. The van der Waals surface area contributed by atoms with Gasteiger partial charge in [-0.2, -0.15) is 0 Å². The zero-order valence-electron chi connectivity index (χ0n) is 11.6. The Morgan fingerprint density at radius 2 is 2.10 bits per heavy atom. The van der Waals surface area contributed by atoms with Crippen molar-refractivity contribution in [3.8, 4) is 0 Å². The van der Waals surface area contributed by atoms with Crippen molar-refractivity contribution in [1.29, 1.82) is 0 Å². The molecule has 1 N–H and O–H groups in total. The van der Waals surface area contributed by atoms with Crippen LogP contribution in [0.3, 0.4) is 0 Å². The molecule has 0 spiro atoms. The molecule has 1 fully saturated rings. The molecule has 0 saturated carbocycles. The summed E-state index contributed by atoms with van der Waals surface area (Å²) in [6, 6.07) is 2.03. The lowest BCUT2D eigenvalue weighted by Crippen LogP contribution is -2.34. The van der Waals surface area contributed by atoms with Gasteiger partial charge in [-0.3, -0.25) is 9.59 Å². The largest absolute Gasteiger partial charge is 0.481 e. The molecule has 5 heteroatoms. The molecule has 1 aromatic rings. The van der Waals surface area contributed by atoms with Crippen molar-refractivity contribution in [1.82, 2.24) is 4.90 Å². The Morgan fingerprint density at radius 3 is 2.75 bits per heavy atom. The average molecular weight is 293 g/mol. The first-order valence-corrected chi connectivity index (χ1v) is 7.95. The van der Waals surface area contributed by atoms with E-state index >= 15 is 0 Å². The van der Waals surface area contributed by atoms with Gasteiger partial charge in [-0.15, -0.1) is 11.3 Å². The molecule has 1 amide bonds. The lowest BCUT2D eigenvalue weighted by Gasteiger charge is -2.19. The first-order chi connectivity index (χ1) is 9.49. The van der Waals surface area contributed by atoms with E-state index in [1.165, 1.54) is 23.3 Å². The van der Waals surface area contributed by atoms with E-state index in [0.717, 1.165) is 17.7 Å². The van der Waals surface area contributed by atoms with Gasteiger partial charge in [0.15, 0.2) is 0 Å². The molecule has 20 heavy (non-hydrogen) atoms. The molecule has 0 bridgehead atoms. The Kier molecular flexibility index (Phi) is 3.32. The van der Waals surface area contributed by atoms with E-state index in [1.807, 2.05) is 6.07 Å². The molecular weight excluding hydrogens is 274 g/mol. The number of hydrogen-bond donors (Lipinski definition) is 1. The molecule has 0 unspecified atom stereocenters. The van der Waals surface area contributed by atoms with Crippen LogP contribution in [0.4, 0.5) is 0 Å². The standard InChI is InChI=1S/C15H19NO3S/c1-15(14(18)19)6-7-16(9-15)13(17)12-8-10-4-2-3-5-11(10)20-12/h8H,2-7,9H2,1H3,(H,18,19)/t15-/m0/s1. The highest BCUT2D eigenvalue weighted by Crippen LogP contribution is 2.34. The van der Waals surface area contributed by atoms with Crippen molar-refractivity contribution in [2.45, 2.75) is 39.0 Å². The summed E-state index contributed by atoms with van der Waals surface area (Å²) >= 11 is 1.60. The second-order valence-corrected chi connectivity index (χ2v) is 7.25. The number of aryl methyl sites for hydroxylation is 2. The van der Waals surface area contributed by atoms with Gasteiger partial charge in [0.2, 0.25) is 0 Å². The number of likely N-dealkylation sites (tertiary alicyclic amines) is 1. The number of aliphatic carboxylic acids is 1. The summed E-state index contributed by atoms with van der Waals surface area (Å²) in [6.07, 6.45) is 5.12. The van der Waals surface area contributed by atoms with Crippen LogP contribution in [0.25, 0.3) is 0 Å². The van der Waals surface area contributed by atoms with Gasteiger partial charge < -0.3 is 10.0 Å². The van der Waals surface area contributed by atoms with Crippen molar-refractivity contribution >= 4 is 23.2 Å². The van der Waals surface area contributed by atoms with Gasteiger partial charge in [-0.1, -0.05) is 0 Å². The number of carbonyl (C=O) groups excluding carboxylic acids is 1. The van der Waals surface area contributed by atoms with E-state index in [1.54, 1.807) is 23.2 Å². The highest BCUT2D eigenvalue weighted by atomic mass is 32.1. The quantitative estimate of drug-likeness (QED) is 0.911. The van der Waals surface area contributed by atoms with Crippen LogP contribution in [0, 0.1) is 5.41 Å². The number of nitrogens with zero attached hydrogens (tertiary/aromatic N) is 1. The Labute approximate surface area is 122 Å². The molecule has 1 aliphatic carbocycles. The van der Waals surface area contributed by atoms with Gasteiger partial charge in [-0.25, -0.2) is 0 Å². The molecule has 4 nitrogen and oxygen atoms in total. The average Bonchev–Trinajstić information content (AvgIpc) is 3.02. The molecule has 1 atom stereocenters. The van der Waals surface area contributed by atoms with E-state index in [4.69, 9.17) is 0 Å². The van der Waals surface area contributed by atoms with Crippen molar-refractivity contribution in [2.24, 2.45) is 5.41 Å². The topological polar surface area (TPSA) is 57.6 Å². The van der Waals surface area contributed by atoms with Crippen LogP contribution in [0.2, 0.25) is 0 Å². The minimum Gasteiger partial charge on any atom is -0.481 e. The SMILES string of the molecule is C[C@]1(C(=O)O)CCN(C(=O)c2cc3c(s2)CCCC3)C1. The van der Waals surface area contributed by atoms with Crippen LogP contribution in [-0.2, 0) is 17.6 Å². The predicted molar refractivity (Wildman–Crippen MR) is 77.2 cm³/mol. The maximum atomic E-state index is 12.5. The zero-order valence-corrected chi connectivity index (χ0v) is 12.5. The predicted octanol–water partition coefficient (Wildman–Crippen LogP) is 2.56. The van der Waals surface area contributed by atoms with Gasteiger partial charge >= 0.3 is 5.97 Å². The fourth-order valence-electron chi connectivity index (χ4n) is 3.06. The van der Waals surface area contributed by atoms with E-state index in [9.17, 15) is 14.7 Å². The van der Waals surface area contributed by atoms with Crippen LogP contribution in [0.15, 0.2) is 6.07 Å². The second-order valence-electron chi connectivity index (χ2n) is 6.11. The van der Waals surface area contributed by atoms with Crippen LogP contribution in [-0.4, -0.2) is 35.0 Å². The molecule has 1 saturated heterocycles. The first-order valence-electron chi connectivity index (χ1n) is 7.14. The molecule has 0 aromatic carbocycles. The minimum atomic E-state index is -0.807. The third-order valence-electron chi connectivity index (χ3n) is 4.48. The van der Waals surface area contributed by atoms with E-state index in [2.05, 4.69) is 0 Å². The van der Waals surface area contributed by atoms with Crippen molar-refractivity contribution in [2.75, 3.05) is 13.1 Å². The molecule has 0 radical (unpaired) electrons. The summed E-state index contributed by atoms with van der Waals surface area (Å²) in [5.41, 5.74) is 0.539. The molecule has 1 aromatic heterocycles. The van der Waals surface area contributed by atoms with E-state index in [-0.39, 0.29) is 5.91 Å². The number of carbonyl (C=O) groups is 2. The highest BCUT2D eigenvalue weighted by molar-refractivity contribution is 7.14. The number of carboxylic acid groups (broad SMARTS) is 1. The number of fused-ring (bicyclic) bond motifs is 1. The zero-order chi connectivity index (χ0) is 14.3. The minimum absolute atomic E-state index is 0.00868. The van der Waals surface area contributed by atoms with E-state index in [0.29, 0.717) is 19.5 Å². The van der Waals surface area contributed by atoms with Gasteiger partial charge in [0.1, 0.15) is 0 Å². The first kappa shape index (κ1) is 13.6. The Balaban J connectivity index is 1.77. The number of rotatable bonds is 2. The van der Waals surface area contributed by atoms with Gasteiger partial charge in [0.05, 0.1) is 10.3 Å². The lowest BCUT2D eigenvalue weighted by molar-refractivity contribution is -0.147. The number of thiophene rings is 1.